The average Bonchev–Trinajstić information content (AvgIpc) is 2.04. The lowest BCUT2D eigenvalue weighted by Gasteiger charge is -2.11. The van der Waals surface area contributed by atoms with Gasteiger partial charge in [0.05, 0.1) is 0 Å². The molecule has 65 valence electrons. The number of hydrogen-bond donors (Lipinski definition) is 1. The van der Waals surface area contributed by atoms with E-state index in [9.17, 15) is 4.39 Å². The summed E-state index contributed by atoms with van der Waals surface area (Å²) < 4.78 is 13.3. The predicted octanol–water partition coefficient (Wildman–Crippen LogP) is 2.89. The molecular formula is C10H13FN. The van der Waals surface area contributed by atoms with Gasteiger partial charge >= 0.3 is 0 Å². The number of benzene rings is 1. The Balaban J connectivity index is 2.82. The van der Waals surface area contributed by atoms with E-state index in [1.165, 1.54) is 0 Å². The molecule has 0 heterocycles. The molecule has 1 aromatic carbocycles. The molecule has 1 nitrogen and oxygen atoms in total. The molecule has 0 spiro atoms. The third kappa shape index (κ3) is 1.97. The highest BCUT2D eigenvalue weighted by Gasteiger charge is 2.13. The molecule has 1 radical (unpaired) electrons. The van der Waals surface area contributed by atoms with Crippen LogP contribution >= 0.6 is 0 Å². The van der Waals surface area contributed by atoms with Gasteiger partial charge in [-0.3, -0.25) is 0 Å². The van der Waals surface area contributed by atoms with Crippen LogP contribution in [0.15, 0.2) is 24.3 Å². The largest absolute Gasteiger partial charge is 0.399 e. The third-order valence-electron chi connectivity index (χ3n) is 1.74. The molecule has 1 aromatic rings. The van der Waals surface area contributed by atoms with Crippen molar-refractivity contribution in [1.82, 2.24) is 0 Å². The highest BCUT2D eigenvalue weighted by molar-refractivity contribution is 5.40. The van der Waals surface area contributed by atoms with E-state index < -0.39 is 6.17 Å². The first-order valence-electron chi connectivity index (χ1n) is 3.91. The minimum absolute atomic E-state index is 0.666. The van der Waals surface area contributed by atoms with E-state index in [0.717, 1.165) is 5.92 Å². The maximum absolute atomic E-state index is 13.3. The maximum atomic E-state index is 13.3. The van der Waals surface area contributed by atoms with Crippen LogP contribution in [0.1, 0.15) is 25.6 Å². The van der Waals surface area contributed by atoms with Gasteiger partial charge in [0.2, 0.25) is 0 Å². The van der Waals surface area contributed by atoms with E-state index in [1.54, 1.807) is 38.1 Å². The monoisotopic (exact) mass is 166 g/mol. The van der Waals surface area contributed by atoms with E-state index in [0.29, 0.717) is 11.3 Å². The third-order valence-corrected chi connectivity index (χ3v) is 1.74. The van der Waals surface area contributed by atoms with Crippen molar-refractivity contribution < 1.29 is 4.39 Å². The second-order valence-corrected chi connectivity index (χ2v) is 3.11. The summed E-state index contributed by atoms with van der Waals surface area (Å²) in [7, 11) is 0. The zero-order valence-corrected chi connectivity index (χ0v) is 7.34. The van der Waals surface area contributed by atoms with Crippen LogP contribution in [0.25, 0.3) is 0 Å². The highest BCUT2D eigenvalue weighted by Crippen LogP contribution is 2.27. The Labute approximate surface area is 72.4 Å². The zero-order valence-electron chi connectivity index (χ0n) is 7.34. The summed E-state index contributed by atoms with van der Waals surface area (Å²) in [5, 5.41) is 0. The second-order valence-electron chi connectivity index (χ2n) is 3.11. The average molecular weight is 166 g/mol. The summed E-state index contributed by atoms with van der Waals surface area (Å²) >= 11 is 0. The molecule has 2 heteroatoms. The minimum Gasteiger partial charge on any atom is -0.399 e. The van der Waals surface area contributed by atoms with E-state index >= 15 is 0 Å². The molecule has 1 unspecified atom stereocenters. The Kier molecular flexibility index (Phi) is 2.69. The molecule has 0 aliphatic rings. The van der Waals surface area contributed by atoms with Crippen LogP contribution in [0.5, 0.6) is 0 Å². The van der Waals surface area contributed by atoms with Gasteiger partial charge in [-0.15, -0.1) is 0 Å². The molecule has 0 saturated carbocycles. The maximum Gasteiger partial charge on any atom is 0.131 e. The predicted molar refractivity (Wildman–Crippen MR) is 49.3 cm³/mol. The summed E-state index contributed by atoms with van der Waals surface area (Å²) in [5.74, 6) is 0.764. The first kappa shape index (κ1) is 9.04. The van der Waals surface area contributed by atoms with E-state index in [4.69, 9.17) is 5.73 Å². The van der Waals surface area contributed by atoms with Crippen LogP contribution in [-0.4, -0.2) is 0 Å². The molecule has 1 atom stereocenters. The van der Waals surface area contributed by atoms with Crippen molar-refractivity contribution in [2.45, 2.75) is 20.0 Å². The van der Waals surface area contributed by atoms with Gasteiger partial charge in [-0.25, -0.2) is 4.39 Å². The molecule has 0 aliphatic heterocycles. The first-order valence-corrected chi connectivity index (χ1v) is 3.91. The van der Waals surface area contributed by atoms with Gasteiger partial charge in [0.15, 0.2) is 0 Å². The lowest BCUT2D eigenvalue weighted by atomic mass is 10.0. The van der Waals surface area contributed by atoms with Crippen molar-refractivity contribution in [2.75, 3.05) is 5.73 Å². The highest BCUT2D eigenvalue weighted by atomic mass is 19.1. The first-order chi connectivity index (χ1) is 5.61. The Bertz CT molecular complexity index is 241. The number of nitrogens with two attached hydrogens (primary N) is 1. The normalized spacial score (nSPS) is 13.3. The fourth-order valence-corrected chi connectivity index (χ4v) is 0.998. The zero-order chi connectivity index (χ0) is 9.14. The molecule has 12 heavy (non-hydrogen) atoms. The van der Waals surface area contributed by atoms with Crippen molar-refractivity contribution in [3.05, 3.63) is 35.7 Å². The van der Waals surface area contributed by atoms with E-state index in [1.807, 2.05) is 0 Å². The lowest BCUT2D eigenvalue weighted by Crippen LogP contribution is -1.98. The van der Waals surface area contributed by atoms with Crippen LogP contribution in [0.2, 0.25) is 0 Å². The molecule has 2 N–H and O–H groups in total. The lowest BCUT2D eigenvalue weighted by molar-refractivity contribution is 0.360. The fraction of sp³-hybridized carbons (Fsp3) is 0.300. The molecule has 1 rings (SSSR count). The van der Waals surface area contributed by atoms with Crippen LogP contribution in [0.3, 0.4) is 0 Å². The van der Waals surface area contributed by atoms with Crippen molar-refractivity contribution >= 4 is 5.69 Å². The van der Waals surface area contributed by atoms with Crippen LogP contribution in [0.4, 0.5) is 10.1 Å². The Morgan fingerprint density at radius 3 is 2.17 bits per heavy atom. The summed E-state index contributed by atoms with van der Waals surface area (Å²) in [6.07, 6.45) is -0.967. The summed E-state index contributed by atoms with van der Waals surface area (Å²) in [6, 6.07) is 6.86. The SMILES string of the molecule is C[C](C)C(F)c1ccc(N)cc1. The second kappa shape index (κ2) is 3.57. The van der Waals surface area contributed by atoms with Crippen molar-refractivity contribution in [1.29, 1.82) is 0 Å². The summed E-state index contributed by atoms with van der Waals surface area (Å²) in [6.45, 7) is 3.56. The summed E-state index contributed by atoms with van der Waals surface area (Å²) in [5.41, 5.74) is 6.81. The number of rotatable bonds is 2. The van der Waals surface area contributed by atoms with E-state index in [2.05, 4.69) is 0 Å². The molecule has 0 aromatic heterocycles. The van der Waals surface area contributed by atoms with Crippen LogP contribution < -0.4 is 5.73 Å². The van der Waals surface area contributed by atoms with Gasteiger partial charge in [0, 0.05) is 11.6 Å². The molecular weight excluding hydrogens is 153 g/mol. The van der Waals surface area contributed by atoms with E-state index in [-0.39, 0.29) is 0 Å². The van der Waals surface area contributed by atoms with Gasteiger partial charge in [0.1, 0.15) is 6.17 Å². The van der Waals surface area contributed by atoms with Gasteiger partial charge in [0.25, 0.3) is 0 Å². The van der Waals surface area contributed by atoms with Crippen LogP contribution in [-0.2, 0) is 0 Å². The molecule has 0 saturated heterocycles. The molecule has 0 aliphatic carbocycles. The standard InChI is InChI=1S/C10H13FN/c1-7(2)10(11)8-3-5-9(12)6-4-8/h3-6,10H,12H2,1-2H3. The molecule has 0 bridgehead atoms. The van der Waals surface area contributed by atoms with Gasteiger partial charge < -0.3 is 5.73 Å². The number of hydrogen-bond acceptors (Lipinski definition) is 1. The number of halogens is 1. The van der Waals surface area contributed by atoms with Gasteiger partial charge in [-0.05, 0) is 17.7 Å². The Morgan fingerprint density at radius 1 is 1.25 bits per heavy atom. The quantitative estimate of drug-likeness (QED) is 0.672. The molecule has 0 fully saturated rings. The Hall–Kier alpha value is -1.05. The number of nitrogen functional groups attached to an aromatic ring is 1. The van der Waals surface area contributed by atoms with Crippen molar-refractivity contribution in [3.63, 3.8) is 0 Å². The van der Waals surface area contributed by atoms with Crippen LogP contribution in [0, 0.1) is 5.92 Å². The number of anilines is 1. The minimum atomic E-state index is -0.967. The van der Waals surface area contributed by atoms with Crippen molar-refractivity contribution in [3.8, 4) is 0 Å². The van der Waals surface area contributed by atoms with Gasteiger partial charge in [-0.1, -0.05) is 26.0 Å². The topological polar surface area (TPSA) is 26.0 Å². The van der Waals surface area contributed by atoms with Crippen molar-refractivity contribution in [2.24, 2.45) is 0 Å². The number of alkyl halides is 1. The summed E-state index contributed by atoms with van der Waals surface area (Å²) in [4.78, 5) is 0. The van der Waals surface area contributed by atoms with Gasteiger partial charge in [-0.2, -0.15) is 0 Å². The Morgan fingerprint density at radius 2 is 1.75 bits per heavy atom. The fourth-order valence-electron chi connectivity index (χ4n) is 0.998. The molecule has 0 amide bonds. The smallest absolute Gasteiger partial charge is 0.131 e.